The van der Waals surface area contributed by atoms with Gasteiger partial charge >= 0.3 is 0 Å². The summed E-state index contributed by atoms with van der Waals surface area (Å²) in [5.41, 5.74) is 2.13. The van der Waals surface area contributed by atoms with Crippen LogP contribution in [0.4, 0.5) is 0 Å². The summed E-state index contributed by atoms with van der Waals surface area (Å²) in [6, 6.07) is 14.4. The number of ketones is 1. The molecule has 0 bridgehead atoms. The molecule has 1 aromatic heterocycles. The Labute approximate surface area is 138 Å². The topological polar surface area (TPSA) is 57.9 Å². The minimum Gasteiger partial charge on any atom is -0.497 e. The molecule has 5 heteroatoms. The second kappa shape index (κ2) is 6.11. The standard InChI is InChI=1S/C19H16O5/c1-21-15-5-2-12(3-6-15)18(20)17-11-14-10-13(4-7-16(14)24-17)19-22-8-9-23-19/h2-7,10-11,19H,8-9H2,1H3. The zero-order valence-electron chi connectivity index (χ0n) is 13.2. The summed E-state index contributed by atoms with van der Waals surface area (Å²) in [7, 11) is 1.59. The number of furan rings is 1. The number of fused-ring (bicyclic) bond motifs is 1. The van der Waals surface area contributed by atoms with Crippen molar-refractivity contribution >= 4 is 16.8 Å². The predicted molar refractivity (Wildman–Crippen MR) is 87.3 cm³/mol. The van der Waals surface area contributed by atoms with Crippen LogP contribution in [-0.4, -0.2) is 26.1 Å². The molecule has 122 valence electrons. The second-order valence-corrected chi connectivity index (χ2v) is 5.54. The molecule has 0 unspecified atom stereocenters. The van der Waals surface area contributed by atoms with Crippen molar-refractivity contribution in [3.63, 3.8) is 0 Å². The Balaban J connectivity index is 1.64. The van der Waals surface area contributed by atoms with E-state index < -0.39 is 0 Å². The van der Waals surface area contributed by atoms with Crippen molar-refractivity contribution in [3.8, 4) is 5.75 Å². The Kier molecular flexibility index (Phi) is 3.80. The minimum atomic E-state index is -0.343. The molecule has 0 amide bonds. The first-order valence-electron chi connectivity index (χ1n) is 7.70. The lowest BCUT2D eigenvalue weighted by atomic mass is 10.1. The zero-order chi connectivity index (χ0) is 16.5. The first-order chi connectivity index (χ1) is 11.7. The molecule has 0 radical (unpaired) electrons. The molecule has 2 aromatic carbocycles. The molecule has 0 atom stereocenters. The number of carbonyl (C=O) groups excluding carboxylic acids is 1. The van der Waals surface area contributed by atoms with Gasteiger partial charge < -0.3 is 18.6 Å². The van der Waals surface area contributed by atoms with Gasteiger partial charge in [-0.1, -0.05) is 6.07 Å². The molecule has 5 nitrogen and oxygen atoms in total. The third-order valence-electron chi connectivity index (χ3n) is 4.01. The smallest absolute Gasteiger partial charge is 0.228 e. The molecule has 1 saturated heterocycles. The number of hydrogen-bond donors (Lipinski definition) is 0. The normalized spacial score (nSPS) is 15.0. The van der Waals surface area contributed by atoms with Gasteiger partial charge in [-0.25, -0.2) is 0 Å². The highest BCUT2D eigenvalue weighted by Gasteiger charge is 2.20. The lowest BCUT2D eigenvalue weighted by Gasteiger charge is -2.08. The van der Waals surface area contributed by atoms with Crippen LogP contribution >= 0.6 is 0 Å². The maximum Gasteiger partial charge on any atom is 0.228 e. The molecular formula is C19H16O5. The molecule has 1 aliphatic heterocycles. The van der Waals surface area contributed by atoms with Gasteiger partial charge in [0, 0.05) is 16.5 Å². The Morgan fingerprint density at radius 3 is 2.50 bits per heavy atom. The van der Waals surface area contributed by atoms with Gasteiger partial charge in [-0.3, -0.25) is 4.79 Å². The first kappa shape index (κ1) is 14.9. The Bertz CT molecular complexity index is 872. The van der Waals surface area contributed by atoms with Gasteiger partial charge in [-0.05, 0) is 42.5 Å². The molecule has 3 aromatic rings. The second-order valence-electron chi connectivity index (χ2n) is 5.54. The highest BCUT2D eigenvalue weighted by atomic mass is 16.7. The van der Waals surface area contributed by atoms with Gasteiger partial charge in [0.25, 0.3) is 0 Å². The van der Waals surface area contributed by atoms with Gasteiger partial charge in [0.15, 0.2) is 12.1 Å². The molecule has 4 rings (SSSR count). The summed E-state index contributed by atoms with van der Waals surface area (Å²) in [6.45, 7) is 1.19. The average molecular weight is 324 g/mol. The summed E-state index contributed by atoms with van der Waals surface area (Å²) < 4.78 is 21.8. The Morgan fingerprint density at radius 2 is 1.79 bits per heavy atom. The van der Waals surface area contributed by atoms with Gasteiger partial charge in [-0.2, -0.15) is 0 Å². The fourth-order valence-electron chi connectivity index (χ4n) is 2.76. The van der Waals surface area contributed by atoms with Crippen molar-refractivity contribution in [2.24, 2.45) is 0 Å². The summed E-state index contributed by atoms with van der Waals surface area (Å²) in [5, 5.41) is 0.850. The van der Waals surface area contributed by atoms with Gasteiger partial charge in [0.05, 0.1) is 20.3 Å². The van der Waals surface area contributed by atoms with E-state index in [0.29, 0.717) is 35.9 Å². The lowest BCUT2D eigenvalue weighted by molar-refractivity contribution is -0.0440. The van der Waals surface area contributed by atoms with E-state index in [-0.39, 0.29) is 12.1 Å². The third-order valence-corrected chi connectivity index (χ3v) is 4.01. The Hall–Kier alpha value is -2.63. The number of methoxy groups -OCH3 is 1. The molecular weight excluding hydrogens is 308 g/mol. The maximum atomic E-state index is 12.6. The number of benzene rings is 2. The van der Waals surface area contributed by atoms with Crippen molar-refractivity contribution in [3.05, 3.63) is 65.4 Å². The Morgan fingerprint density at radius 1 is 1.04 bits per heavy atom. The fourth-order valence-corrected chi connectivity index (χ4v) is 2.76. The van der Waals surface area contributed by atoms with E-state index in [4.69, 9.17) is 18.6 Å². The van der Waals surface area contributed by atoms with E-state index in [1.807, 2.05) is 18.2 Å². The fraction of sp³-hybridized carbons (Fsp3) is 0.211. The van der Waals surface area contributed by atoms with E-state index in [0.717, 1.165) is 10.9 Å². The van der Waals surface area contributed by atoms with E-state index in [1.165, 1.54) is 0 Å². The van der Waals surface area contributed by atoms with Crippen LogP contribution in [0.3, 0.4) is 0 Å². The highest BCUT2D eigenvalue weighted by Crippen LogP contribution is 2.29. The number of carbonyl (C=O) groups is 1. The van der Waals surface area contributed by atoms with Gasteiger partial charge in [0.1, 0.15) is 11.3 Å². The number of rotatable bonds is 4. The summed E-state index contributed by atoms with van der Waals surface area (Å²) in [6.07, 6.45) is -0.343. The molecule has 24 heavy (non-hydrogen) atoms. The van der Waals surface area contributed by atoms with Crippen molar-refractivity contribution < 1.29 is 23.4 Å². The maximum absolute atomic E-state index is 12.6. The van der Waals surface area contributed by atoms with E-state index in [9.17, 15) is 4.79 Å². The molecule has 1 aliphatic rings. The van der Waals surface area contributed by atoms with Crippen LogP contribution in [0.15, 0.2) is 52.9 Å². The van der Waals surface area contributed by atoms with Crippen LogP contribution in [0, 0.1) is 0 Å². The molecule has 0 spiro atoms. The molecule has 0 aliphatic carbocycles. The molecule has 2 heterocycles. The van der Waals surface area contributed by atoms with Crippen molar-refractivity contribution in [1.29, 1.82) is 0 Å². The zero-order valence-corrected chi connectivity index (χ0v) is 13.2. The largest absolute Gasteiger partial charge is 0.497 e. The van der Waals surface area contributed by atoms with Crippen LogP contribution < -0.4 is 4.74 Å². The summed E-state index contributed by atoms with van der Waals surface area (Å²) in [4.78, 5) is 12.6. The average Bonchev–Trinajstić information content (AvgIpc) is 3.30. The van der Waals surface area contributed by atoms with Crippen LogP contribution in [-0.2, 0) is 9.47 Å². The summed E-state index contributed by atoms with van der Waals surface area (Å²) >= 11 is 0. The molecule has 1 fully saturated rings. The van der Waals surface area contributed by atoms with E-state index in [1.54, 1.807) is 37.4 Å². The summed E-state index contributed by atoms with van der Waals surface area (Å²) in [5.74, 6) is 0.849. The SMILES string of the molecule is COc1ccc(C(=O)c2cc3cc(C4OCCO4)ccc3o2)cc1. The van der Waals surface area contributed by atoms with Gasteiger partial charge in [0.2, 0.25) is 5.78 Å². The molecule has 0 N–H and O–H groups in total. The van der Waals surface area contributed by atoms with E-state index >= 15 is 0 Å². The first-order valence-corrected chi connectivity index (χ1v) is 7.70. The van der Waals surface area contributed by atoms with Gasteiger partial charge in [-0.15, -0.1) is 0 Å². The third kappa shape index (κ3) is 2.68. The van der Waals surface area contributed by atoms with Crippen molar-refractivity contribution in [2.75, 3.05) is 20.3 Å². The van der Waals surface area contributed by atoms with Crippen molar-refractivity contribution in [2.45, 2.75) is 6.29 Å². The lowest BCUT2D eigenvalue weighted by Crippen LogP contribution is -1.99. The highest BCUT2D eigenvalue weighted by molar-refractivity contribution is 6.09. The quantitative estimate of drug-likeness (QED) is 0.685. The monoisotopic (exact) mass is 324 g/mol. The number of hydrogen-bond acceptors (Lipinski definition) is 5. The van der Waals surface area contributed by atoms with Crippen LogP contribution in [0.25, 0.3) is 11.0 Å². The minimum absolute atomic E-state index is 0.163. The van der Waals surface area contributed by atoms with Crippen LogP contribution in [0.2, 0.25) is 0 Å². The molecule has 0 saturated carbocycles. The number of ether oxygens (including phenoxy) is 3. The van der Waals surface area contributed by atoms with E-state index in [2.05, 4.69) is 0 Å². The van der Waals surface area contributed by atoms with Crippen molar-refractivity contribution in [1.82, 2.24) is 0 Å². The van der Waals surface area contributed by atoms with Crippen LogP contribution in [0.5, 0.6) is 5.75 Å². The van der Waals surface area contributed by atoms with Crippen LogP contribution in [0.1, 0.15) is 28.0 Å². The predicted octanol–water partition coefficient (Wildman–Crippen LogP) is 3.72.